The number of fused-ring (bicyclic) bond motifs is 2. The van der Waals surface area contributed by atoms with Crippen LogP contribution in [0.4, 0.5) is 0 Å². The number of carboxylic acids is 1. The van der Waals surface area contributed by atoms with E-state index in [1.165, 1.54) is 6.42 Å². The van der Waals surface area contributed by atoms with Crippen LogP contribution in [0.15, 0.2) is 11.1 Å². The second-order valence-corrected chi connectivity index (χ2v) is 5.28. The minimum atomic E-state index is -0.641. The van der Waals surface area contributed by atoms with E-state index in [1.54, 1.807) is 5.54 Å². The Labute approximate surface area is 101 Å². The molecule has 0 heterocycles. The molecule has 90 valence electrons. The fourth-order valence-corrected chi connectivity index (χ4v) is 3.33. The van der Waals surface area contributed by atoms with Crippen molar-refractivity contribution < 1.29 is 9.90 Å². The van der Waals surface area contributed by atoms with E-state index in [-0.39, 0.29) is 12.0 Å². The van der Waals surface area contributed by atoms with Crippen LogP contribution in [0, 0.1) is 17.8 Å². The topological polar surface area (TPSA) is 49.3 Å². The molecule has 2 fully saturated rings. The molecule has 2 aliphatic carbocycles. The Morgan fingerprint density at radius 1 is 1.50 bits per heavy atom. The summed E-state index contributed by atoms with van der Waals surface area (Å²) in [5, 5.41) is 12.6. The van der Waals surface area contributed by atoms with Crippen molar-refractivity contribution in [2.75, 3.05) is 6.54 Å². The minimum Gasteiger partial charge on any atom is -0.481 e. The van der Waals surface area contributed by atoms with Crippen LogP contribution >= 0.6 is 11.6 Å². The van der Waals surface area contributed by atoms with E-state index in [4.69, 9.17) is 11.6 Å². The largest absolute Gasteiger partial charge is 0.481 e. The van der Waals surface area contributed by atoms with Crippen molar-refractivity contribution in [2.24, 2.45) is 17.8 Å². The molecular formula is C12H18ClNO2. The second kappa shape index (κ2) is 4.76. The fourth-order valence-electron chi connectivity index (χ4n) is 3.26. The lowest BCUT2D eigenvalue weighted by Gasteiger charge is -2.29. The number of hydrogen-bond acceptors (Lipinski definition) is 2. The Morgan fingerprint density at radius 3 is 2.81 bits per heavy atom. The predicted molar refractivity (Wildman–Crippen MR) is 63.4 cm³/mol. The summed E-state index contributed by atoms with van der Waals surface area (Å²) in [7, 11) is 0. The molecule has 16 heavy (non-hydrogen) atoms. The van der Waals surface area contributed by atoms with Crippen LogP contribution in [0.1, 0.15) is 26.2 Å². The highest BCUT2D eigenvalue weighted by atomic mass is 35.5. The third kappa shape index (κ3) is 2.11. The summed E-state index contributed by atoms with van der Waals surface area (Å²) >= 11 is 5.60. The highest BCUT2D eigenvalue weighted by molar-refractivity contribution is 6.25. The molecule has 3 nitrogen and oxygen atoms in total. The molecule has 0 spiro atoms. The molecule has 0 aromatic rings. The minimum absolute atomic E-state index is 0.141. The van der Waals surface area contributed by atoms with Gasteiger partial charge in [0.05, 0.1) is 5.92 Å². The van der Waals surface area contributed by atoms with Gasteiger partial charge in [0.25, 0.3) is 0 Å². The zero-order valence-electron chi connectivity index (χ0n) is 9.45. The first-order valence-electron chi connectivity index (χ1n) is 5.85. The lowest BCUT2D eigenvalue weighted by Crippen LogP contribution is -2.44. The summed E-state index contributed by atoms with van der Waals surface area (Å²) in [6.07, 6.45) is 3.35. The quantitative estimate of drug-likeness (QED) is 0.796. The number of carbonyl (C=O) groups is 1. The van der Waals surface area contributed by atoms with Crippen molar-refractivity contribution in [1.29, 1.82) is 0 Å². The summed E-state index contributed by atoms with van der Waals surface area (Å²) in [6.45, 7) is 2.64. The number of halogens is 1. The molecule has 4 unspecified atom stereocenters. The van der Waals surface area contributed by atoms with E-state index in [0.717, 1.165) is 18.4 Å². The van der Waals surface area contributed by atoms with E-state index >= 15 is 0 Å². The van der Waals surface area contributed by atoms with Crippen LogP contribution in [-0.2, 0) is 4.79 Å². The molecule has 0 aromatic carbocycles. The molecule has 0 aromatic heterocycles. The maximum Gasteiger partial charge on any atom is 0.308 e. The molecule has 2 N–H and O–H groups in total. The van der Waals surface area contributed by atoms with Gasteiger partial charge in [0.2, 0.25) is 0 Å². The fraction of sp³-hybridized carbons (Fsp3) is 0.750. The third-order valence-electron chi connectivity index (χ3n) is 4.00. The van der Waals surface area contributed by atoms with E-state index < -0.39 is 5.97 Å². The average Bonchev–Trinajstić information content (AvgIpc) is 2.84. The molecule has 0 aliphatic heterocycles. The van der Waals surface area contributed by atoms with Crippen molar-refractivity contribution in [2.45, 2.75) is 32.2 Å². The number of rotatable bonds is 4. The zero-order chi connectivity index (χ0) is 11.7. The van der Waals surface area contributed by atoms with Crippen molar-refractivity contribution >= 4 is 17.6 Å². The molecule has 2 rings (SSSR count). The number of hydrogen-bond donors (Lipinski definition) is 2. The third-order valence-corrected chi connectivity index (χ3v) is 4.38. The van der Waals surface area contributed by atoms with Gasteiger partial charge in [-0.25, -0.2) is 0 Å². The number of nitrogens with one attached hydrogen (secondary N) is 1. The first-order valence-corrected chi connectivity index (χ1v) is 6.29. The summed E-state index contributed by atoms with van der Waals surface area (Å²) < 4.78 is 0. The second-order valence-electron chi connectivity index (χ2n) is 5.06. The van der Waals surface area contributed by atoms with E-state index in [2.05, 4.69) is 5.32 Å². The number of carboxylic acid groups (broad SMARTS) is 1. The molecular weight excluding hydrogens is 226 g/mol. The number of aliphatic carboxylic acids is 1. The van der Waals surface area contributed by atoms with Crippen molar-refractivity contribution in [3.8, 4) is 0 Å². The van der Waals surface area contributed by atoms with Gasteiger partial charge in [0.15, 0.2) is 0 Å². The van der Waals surface area contributed by atoms with Gasteiger partial charge in [-0.15, -0.1) is 0 Å². The summed E-state index contributed by atoms with van der Waals surface area (Å²) in [5.41, 5.74) is 2.60. The Hall–Kier alpha value is -0.540. The monoisotopic (exact) mass is 243 g/mol. The van der Waals surface area contributed by atoms with Crippen LogP contribution in [0.25, 0.3) is 0 Å². The molecule has 4 heteroatoms. The maximum absolute atomic E-state index is 11.2. The lowest BCUT2D eigenvalue weighted by atomic mass is 9.84. The Balaban J connectivity index is 1.99. The molecule has 4 atom stereocenters. The van der Waals surface area contributed by atoms with Crippen LogP contribution in [0.5, 0.6) is 0 Å². The zero-order valence-corrected chi connectivity index (χ0v) is 10.2. The van der Waals surface area contributed by atoms with E-state index in [9.17, 15) is 9.90 Å². The average molecular weight is 244 g/mol. The van der Waals surface area contributed by atoms with Crippen LogP contribution in [-0.4, -0.2) is 23.7 Å². The van der Waals surface area contributed by atoms with Crippen LogP contribution in [0.2, 0.25) is 0 Å². The van der Waals surface area contributed by atoms with Gasteiger partial charge in [-0.3, -0.25) is 4.79 Å². The van der Waals surface area contributed by atoms with Gasteiger partial charge in [0.1, 0.15) is 0 Å². The standard InChI is InChI=1S/C12H18ClNO2/c1-7(5-13)6-14-11-9-3-2-8(4-9)10(11)12(15)16/h5,8-11,14H,2-4,6H2,1H3,(H,15,16). The molecule has 2 aliphatic rings. The van der Waals surface area contributed by atoms with E-state index in [1.807, 2.05) is 6.92 Å². The van der Waals surface area contributed by atoms with Crippen LogP contribution < -0.4 is 5.32 Å². The van der Waals surface area contributed by atoms with Gasteiger partial charge in [0, 0.05) is 18.1 Å². The van der Waals surface area contributed by atoms with Gasteiger partial charge >= 0.3 is 5.97 Å². The maximum atomic E-state index is 11.2. The van der Waals surface area contributed by atoms with Crippen molar-refractivity contribution in [1.82, 2.24) is 5.32 Å². The Morgan fingerprint density at radius 2 is 2.19 bits per heavy atom. The molecule has 2 bridgehead atoms. The van der Waals surface area contributed by atoms with Gasteiger partial charge in [-0.05, 0) is 43.6 Å². The summed E-state index contributed by atoms with van der Waals surface area (Å²) in [6, 6.07) is 0.141. The smallest absolute Gasteiger partial charge is 0.308 e. The molecule has 0 amide bonds. The first-order chi connectivity index (χ1) is 7.63. The first kappa shape index (κ1) is 11.9. The molecule has 2 saturated carbocycles. The van der Waals surface area contributed by atoms with Gasteiger partial charge in [-0.2, -0.15) is 0 Å². The Kier molecular flexibility index (Phi) is 3.55. The Bertz CT molecular complexity index is 316. The van der Waals surface area contributed by atoms with Crippen molar-refractivity contribution in [3.05, 3.63) is 11.1 Å². The van der Waals surface area contributed by atoms with E-state index in [0.29, 0.717) is 18.4 Å². The van der Waals surface area contributed by atoms with Gasteiger partial charge in [-0.1, -0.05) is 11.6 Å². The van der Waals surface area contributed by atoms with Gasteiger partial charge < -0.3 is 10.4 Å². The normalized spacial score (nSPS) is 38.0. The highest BCUT2D eigenvalue weighted by Gasteiger charge is 2.50. The molecule has 0 saturated heterocycles. The predicted octanol–water partition coefficient (Wildman–Crippen LogP) is 2.22. The molecule has 0 radical (unpaired) electrons. The lowest BCUT2D eigenvalue weighted by molar-refractivity contribution is -0.144. The summed E-state index contributed by atoms with van der Waals surface area (Å²) in [4.78, 5) is 11.2. The highest BCUT2D eigenvalue weighted by Crippen LogP contribution is 2.48. The van der Waals surface area contributed by atoms with Crippen molar-refractivity contribution in [3.63, 3.8) is 0 Å². The van der Waals surface area contributed by atoms with Crippen LogP contribution in [0.3, 0.4) is 0 Å². The summed E-state index contributed by atoms with van der Waals surface area (Å²) in [5.74, 6) is 0.105. The SMILES string of the molecule is CC(=CCl)CNC1C2CCC(C2)C1C(=O)O.